The summed E-state index contributed by atoms with van der Waals surface area (Å²) >= 11 is 0. The molecule has 2 atom stereocenters. The molecule has 0 aromatic rings. The number of carbonyl (C=O) groups is 3. The minimum absolute atomic E-state index is 0.0838. The van der Waals surface area contributed by atoms with Gasteiger partial charge in [0.15, 0.2) is 4.87 Å². The predicted molar refractivity (Wildman–Crippen MR) is 100 cm³/mol. The van der Waals surface area contributed by atoms with Gasteiger partial charge in [0.05, 0.1) is 5.41 Å². The monoisotopic (exact) mass is 408 g/mol. The van der Waals surface area contributed by atoms with E-state index in [0.717, 1.165) is 13.8 Å². The van der Waals surface area contributed by atoms with Crippen LogP contribution in [0.1, 0.15) is 67.7 Å². The van der Waals surface area contributed by atoms with Crippen LogP contribution in [-0.4, -0.2) is 40.7 Å². The molecule has 0 heterocycles. The molecular formula is C17H32N2O7S. The van der Waals surface area contributed by atoms with Gasteiger partial charge in [-0.25, -0.2) is 0 Å². The molecule has 2 unspecified atom stereocenters. The Kier molecular flexibility index (Phi) is 7.26. The highest BCUT2D eigenvalue weighted by Crippen LogP contribution is 2.44. The molecule has 0 aliphatic rings. The average molecular weight is 409 g/mol. The van der Waals surface area contributed by atoms with Crippen molar-refractivity contribution in [2.75, 3.05) is 0 Å². The molecule has 0 spiro atoms. The minimum atomic E-state index is -4.56. The number of nitrogens with one attached hydrogen (secondary N) is 1. The van der Waals surface area contributed by atoms with Crippen molar-refractivity contribution in [1.82, 2.24) is 5.32 Å². The summed E-state index contributed by atoms with van der Waals surface area (Å²) in [6, 6.07) is 0. The second-order valence-electron chi connectivity index (χ2n) is 8.82. The van der Waals surface area contributed by atoms with Crippen molar-refractivity contribution in [2.24, 2.45) is 22.0 Å². The molecule has 0 bridgehead atoms. The number of amides is 2. The molecule has 0 aliphatic heterocycles. The molecule has 10 heteroatoms. The number of carboxylic acid groups (broad SMARTS) is 1. The number of hydrogen-bond donors (Lipinski definition) is 4. The Morgan fingerprint density at radius 1 is 0.963 bits per heavy atom. The molecule has 0 aromatic heterocycles. The van der Waals surface area contributed by atoms with E-state index in [1.807, 2.05) is 0 Å². The van der Waals surface area contributed by atoms with Crippen molar-refractivity contribution in [3.05, 3.63) is 0 Å². The van der Waals surface area contributed by atoms with E-state index in [4.69, 9.17) is 5.73 Å². The van der Waals surface area contributed by atoms with Gasteiger partial charge in [-0.2, -0.15) is 8.42 Å². The first-order chi connectivity index (χ1) is 11.7. The van der Waals surface area contributed by atoms with E-state index in [-0.39, 0.29) is 19.3 Å². The van der Waals surface area contributed by atoms with Crippen LogP contribution in [0.25, 0.3) is 0 Å². The summed E-state index contributed by atoms with van der Waals surface area (Å²) in [5, 5.41) is 11.8. The van der Waals surface area contributed by atoms with Crippen LogP contribution >= 0.6 is 0 Å². The number of carbonyl (C=O) groups excluding carboxylic acids is 2. The van der Waals surface area contributed by atoms with E-state index < -0.39 is 49.0 Å². The fourth-order valence-electron chi connectivity index (χ4n) is 3.01. The van der Waals surface area contributed by atoms with Gasteiger partial charge in [0.25, 0.3) is 10.1 Å². The Labute approximate surface area is 160 Å². The lowest BCUT2D eigenvalue weighted by Gasteiger charge is -2.39. The topological polar surface area (TPSA) is 164 Å². The Morgan fingerprint density at radius 3 is 1.70 bits per heavy atom. The molecule has 9 nitrogen and oxygen atoms in total. The third kappa shape index (κ3) is 5.90. The maximum absolute atomic E-state index is 12.6. The Balaban J connectivity index is 5.77. The minimum Gasteiger partial charge on any atom is -0.481 e. The van der Waals surface area contributed by atoms with Gasteiger partial charge in [0.1, 0.15) is 0 Å². The van der Waals surface area contributed by atoms with Crippen LogP contribution < -0.4 is 11.1 Å². The highest BCUT2D eigenvalue weighted by Gasteiger charge is 2.48. The molecule has 0 saturated carbocycles. The number of hydrogen-bond acceptors (Lipinski definition) is 5. The molecule has 0 aliphatic carbocycles. The number of aliphatic carboxylic acids is 1. The summed E-state index contributed by atoms with van der Waals surface area (Å²) in [7, 11) is -4.56. The molecule has 0 rings (SSSR count). The van der Waals surface area contributed by atoms with Gasteiger partial charge < -0.3 is 16.2 Å². The Hall–Kier alpha value is -1.68. The molecule has 0 fully saturated rings. The van der Waals surface area contributed by atoms with Gasteiger partial charge in [-0.05, 0) is 40.0 Å². The third-order valence-corrected chi connectivity index (χ3v) is 6.57. The number of primary amides is 1. The van der Waals surface area contributed by atoms with Gasteiger partial charge in [-0.3, -0.25) is 18.9 Å². The lowest BCUT2D eigenvalue weighted by Crippen LogP contribution is -2.55. The second kappa shape index (κ2) is 7.75. The van der Waals surface area contributed by atoms with E-state index in [0.29, 0.717) is 0 Å². The van der Waals surface area contributed by atoms with Crippen LogP contribution in [0.3, 0.4) is 0 Å². The smallest absolute Gasteiger partial charge is 0.309 e. The van der Waals surface area contributed by atoms with Crippen LogP contribution in [0.2, 0.25) is 0 Å². The SMILES string of the molecule is CCC(C)(CC(C)(CC(C)(C)C(=O)NC(C)(C)S(=O)(=O)O)C(N)=O)C(=O)O. The van der Waals surface area contributed by atoms with Crippen LogP contribution in [-0.2, 0) is 24.5 Å². The standard InChI is InChI=1S/C17H32N2O7S/c1-8-16(6,13(22)23)10-17(7,11(18)20)9-14(2,3)12(21)19-15(4,5)27(24,25)26/h8-10H2,1-7H3,(H2,18,20)(H,19,21)(H,22,23)(H,24,25,26). The number of rotatable bonds is 10. The van der Waals surface area contributed by atoms with E-state index in [1.54, 1.807) is 6.92 Å². The molecule has 0 aromatic carbocycles. The van der Waals surface area contributed by atoms with Gasteiger partial charge in [0.2, 0.25) is 11.8 Å². The zero-order valence-corrected chi connectivity index (χ0v) is 17.9. The molecule has 2 amide bonds. The zero-order valence-electron chi connectivity index (χ0n) is 17.0. The average Bonchev–Trinajstić information content (AvgIpc) is 2.44. The Morgan fingerprint density at radius 2 is 1.41 bits per heavy atom. The summed E-state index contributed by atoms with van der Waals surface area (Å²) < 4.78 is 32.1. The van der Waals surface area contributed by atoms with Gasteiger partial charge >= 0.3 is 5.97 Å². The summed E-state index contributed by atoms with van der Waals surface area (Å²) in [5.41, 5.74) is 1.73. The molecule has 0 saturated heterocycles. The maximum Gasteiger partial charge on any atom is 0.309 e. The molecule has 5 N–H and O–H groups in total. The van der Waals surface area contributed by atoms with Crippen molar-refractivity contribution in [1.29, 1.82) is 0 Å². The summed E-state index contributed by atoms with van der Waals surface area (Å²) in [6.45, 7) is 9.92. The first kappa shape index (κ1) is 25.3. The first-order valence-corrected chi connectivity index (χ1v) is 10.0. The van der Waals surface area contributed by atoms with E-state index in [2.05, 4.69) is 5.32 Å². The summed E-state index contributed by atoms with van der Waals surface area (Å²) in [5.74, 6) is -2.54. The lowest BCUT2D eigenvalue weighted by atomic mass is 9.64. The summed E-state index contributed by atoms with van der Waals surface area (Å²) in [4.78, 5) is 34.5. The second-order valence-corrected chi connectivity index (χ2v) is 10.8. The van der Waals surface area contributed by atoms with Gasteiger partial charge in [-0.15, -0.1) is 0 Å². The van der Waals surface area contributed by atoms with E-state index in [1.165, 1.54) is 27.7 Å². The van der Waals surface area contributed by atoms with Crippen molar-refractivity contribution in [2.45, 2.75) is 72.6 Å². The first-order valence-electron chi connectivity index (χ1n) is 8.57. The van der Waals surface area contributed by atoms with Crippen molar-refractivity contribution in [3.63, 3.8) is 0 Å². The number of carboxylic acids is 1. The third-order valence-electron chi connectivity index (χ3n) is 5.18. The molecule has 27 heavy (non-hydrogen) atoms. The van der Waals surface area contributed by atoms with Crippen LogP contribution in [0, 0.1) is 16.2 Å². The van der Waals surface area contributed by atoms with Crippen molar-refractivity contribution < 1.29 is 32.5 Å². The highest BCUT2D eigenvalue weighted by atomic mass is 32.2. The Bertz CT molecular complexity index is 715. The summed E-state index contributed by atoms with van der Waals surface area (Å²) in [6.07, 6.45) is 0.0682. The quantitative estimate of drug-likeness (QED) is 0.398. The van der Waals surface area contributed by atoms with E-state index in [9.17, 15) is 32.5 Å². The van der Waals surface area contributed by atoms with Gasteiger partial charge in [0, 0.05) is 10.8 Å². The van der Waals surface area contributed by atoms with Crippen LogP contribution in [0.4, 0.5) is 0 Å². The van der Waals surface area contributed by atoms with Gasteiger partial charge in [-0.1, -0.05) is 27.7 Å². The number of nitrogens with two attached hydrogens (primary N) is 1. The predicted octanol–water partition coefficient (Wildman–Crippen LogP) is 1.53. The van der Waals surface area contributed by atoms with Crippen molar-refractivity contribution in [3.8, 4) is 0 Å². The lowest BCUT2D eigenvalue weighted by molar-refractivity contribution is -0.152. The van der Waals surface area contributed by atoms with E-state index >= 15 is 0 Å². The zero-order chi connectivity index (χ0) is 22.1. The van der Waals surface area contributed by atoms with Crippen molar-refractivity contribution >= 4 is 27.9 Å². The fraction of sp³-hybridized carbons (Fsp3) is 0.824. The van der Waals surface area contributed by atoms with Crippen LogP contribution in [0.5, 0.6) is 0 Å². The molecule has 0 radical (unpaired) electrons. The normalized spacial score (nSPS) is 17.5. The fourth-order valence-corrected chi connectivity index (χ4v) is 3.23. The van der Waals surface area contributed by atoms with Crippen LogP contribution in [0.15, 0.2) is 0 Å². The molecular weight excluding hydrogens is 376 g/mol. The molecule has 158 valence electrons. The maximum atomic E-state index is 12.6. The largest absolute Gasteiger partial charge is 0.481 e. The highest BCUT2D eigenvalue weighted by molar-refractivity contribution is 7.87.